The molecule has 0 aliphatic heterocycles. The summed E-state index contributed by atoms with van der Waals surface area (Å²) in [5, 5.41) is 10.6. The molecular formula is C85H142O17P2. The van der Waals surface area contributed by atoms with Gasteiger partial charge in [0.2, 0.25) is 0 Å². The number of aliphatic hydroxyl groups is 1. The van der Waals surface area contributed by atoms with Crippen LogP contribution >= 0.6 is 15.6 Å². The van der Waals surface area contributed by atoms with Crippen molar-refractivity contribution in [2.45, 2.75) is 329 Å². The van der Waals surface area contributed by atoms with Crippen LogP contribution in [-0.2, 0) is 65.4 Å². The Bertz CT molecular complexity index is 2540. The smallest absolute Gasteiger partial charge is 0.462 e. The van der Waals surface area contributed by atoms with Crippen molar-refractivity contribution in [2.24, 2.45) is 0 Å². The first-order valence-corrected chi connectivity index (χ1v) is 43.1. The summed E-state index contributed by atoms with van der Waals surface area (Å²) >= 11 is 0. The van der Waals surface area contributed by atoms with E-state index in [9.17, 15) is 43.2 Å². The SMILES string of the molecule is CC/C=C\C/C=C\C/C=C\C/C=C\CCCCCCCCC(=O)OCC(COP(=O)(O)OCC(O)COP(=O)(O)OCC(COC(=O)CCCC/C=C\C/C=C\C/C=C\C/C=C\CC)OC(=O)CCCCCCCCCCCCC)OC(=O)CCCCCCCC/C=C\C/C=C\C/C=C\C/C=C\CC. The van der Waals surface area contributed by atoms with E-state index in [-0.39, 0.29) is 25.7 Å². The predicted octanol–water partition coefficient (Wildman–Crippen LogP) is 23.4. The molecule has 0 aliphatic rings. The number of carbonyl (C=O) groups excluding carboxylic acids is 4. The van der Waals surface area contributed by atoms with Gasteiger partial charge in [-0.25, -0.2) is 9.13 Å². The minimum atomic E-state index is -4.99. The van der Waals surface area contributed by atoms with E-state index in [0.717, 1.165) is 193 Å². The van der Waals surface area contributed by atoms with Gasteiger partial charge < -0.3 is 33.8 Å². The summed E-state index contributed by atoms with van der Waals surface area (Å²) in [5.41, 5.74) is 0. The van der Waals surface area contributed by atoms with Crippen molar-refractivity contribution in [3.8, 4) is 0 Å². The third-order valence-corrected chi connectivity index (χ3v) is 18.2. The first-order valence-electron chi connectivity index (χ1n) is 40.1. The van der Waals surface area contributed by atoms with Crippen molar-refractivity contribution in [3.05, 3.63) is 146 Å². The van der Waals surface area contributed by atoms with Crippen LogP contribution in [0.15, 0.2) is 146 Å². The average Bonchev–Trinajstić information content (AvgIpc) is 0.928. The topological polar surface area (TPSA) is 237 Å². The summed E-state index contributed by atoms with van der Waals surface area (Å²) in [6.45, 7) is 4.46. The van der Waals surface area contributed by atoms with Crippen LogP contribution in [0, 0.1) is 0 Å². The fourth-order valence-corrected chi connectivity index (χ4v) is 11.9. The van der Waals surface area contributed by atoms with Gasteiger partial charge in [-0.15, -0.1) is 0 Å². The maximum Gasteiger partial charge on any atom is 0.472 e. The summed E-state index contributed by atoms with van der Waals surface area (Å²) in [7, 11) is -9.98. The molecule has 3 N–H and O–H groups in total. The molecule has 0 aromatic heterocycles. The van der Waals surface area contributed by atoms with E-state index in [1.54, 1.807) is 0 Å². The highest BCUT2D eigenvalue weighted by Gasteiger charge is 2.30. The second-order valence-electron chi connectivity index (χ2n) is 26.2. The van der Waals surface area contributed by atoms with Crippen LogP contribution in [0.1, 0.15) is 310 Å². The van der Waals surface area contributed by atoms with Crippen LogP contribution < -0.4 is 0 Å². The Morgan fingerprint density at radius 2 is 0.500 bits per heavy atom. The number of phosphoric acid groups is 2. The number of hydrogen-bond donors (Lipinski definition) is 3. The van der Waals surface area contributed by atoms with Gasteiger partial charge in [0.1, 0.15) is 19.3 Å². The Labute approximate surface area is 630 Å². The van der Waals surface area contributed by atoms with Crippen molar-refractivity contribution in [1.82, 2.24) is 0 Å². The maximum atomic E-state index is 13.1. The number of aliphatic hydroxyl groups excluding tert-OH is 1. The zero-order valence-corrected chi connectivity index (χ0v) is 66.7. The van der Waals surface area contributed by atoms with E-state index in [1.807, 2.05) is 0 Å². The molecule has 0 aromatic rings. The Hall–Kier alpha value is -5.06. The van der Waals surface area contributed by atoms with Crippen LogP contribution in [0.4, 0.5) is 0 Å². The van der Waals surface area contributed by atoms with E-state index in [0.29, 0.717) is 25.7 Å². The molecule has 0 saturated carbocycles. The molecule has 0 rings (SSSR count). The first-order chi connectivity index (χ1) is 50.7. The van der Waals surface area contributed by atoms with Gasteiger partial charge in [0.05, 0.1) is 26.4 Å². The number of unbranched alkanes of at least 4 members (excludes halogenated alkanes) is 24. The zero-order valence-electron chi connectivity index (χ0n) is 64.9. The number of phosphoric ester groups is 2. The number of esters is 4. The lowest BCUT2D eigenvalue weighted by molar-refractivity contribution is -0.161. The van der Waals surface area contributed by atoms with E-state index < -0.39 is 97.5 Å². The third kappa shape index (κ3) is 75.2. The number of allylic oxidation sites excluding steroid dienone is 24. The summed E-state index contributed by atoms with van der Waals surface area (Å²) in [6, 6.07) is 0. The van der Waals surface area contributed by atoms with Gasteiger partial charge in [0.25, 0.3) is 0 Å². The highest BCUT2D eigenvalue weighted by molar-refractivity contribution is 7.47. The van der Waals surface area contributed by atoms with Crippen LogP contribution in [-0.4, -0.2) is 96.7 Å². The van der Waals surface area contributed by atoms with Gasteiger partial charge in [-0.1, -0.05) is 289 Å². The van der Waals surface area contributed by atoms with E-state index >= 15 is 0 Å². The molecule has 5 atom stereocenters. The van der Waals surface area contributed by atoms with Gasteiger partial charge in [0.15, 0.2) is 12.2 Å². The molecule has 0 saturated heterocycles. The predicted molar refractivity (Wildman–Crippen MR) is 427 cm³/mol. The monoisotopic (exact) mass is 1500 g/mol. The summed E-state index contributed by atoms with van der Waals surface area (Å²) < 4.78 is 68.6. The Morgan fingerprint density at radius 3 is 0.788 bits per heavy atom. The average molecular weight is 1500 g/mol. The molecule has 0 fully saturated rings. The van der Waals surface area contributed by atoms with Crippen LogP contribution in [0.2, 0.25) is 0 Å². The zero-order chi connectivity index (χ0) is 76.0. The molecule has 0 heterocycles. The highest BCUT2D eigenvalue weighted by atomic mass is 31.2. The third-order valence-electron chi connectivity index (χ3n) is 16.3. The maximum absolute atomic E-state index is 13.1. The van der Waals surface area contributed by atoms with Crippen LogP contribution in [0.3, 0.4) is 0 Å². The fourth-order valence-electron chi connectivity index (χ4n) is 10.3. The van der Waals surface area contributed by atoms with Gasteiger partial charge in [0, 0.05) is 25.7 Å². The second kappa shape index (κ2) is 76.1. The normalized spacial score (nSPS) is 14.6. The molecule has 104 heavy (non-hydrogen) atoms. The van der Waals surface area contributed by atoms with E-state index in [1.165, 1.54) is 38.5 Å². The van der Waals surface area contributed by atoms with Crippen molar-refractivity contribution in [3.63, 3.8) is 0 Å². The molecule has 0 amide bonds. The number of carbonyl (C=O) groups is 4. The van der Waals surface area contributed by atoms with Crippen LogP contribution in [0.25, 0.3) is 0 Å². The molecular weight excluding hydrogens is 1350 g/mol. The Morgan fingerprint density at radius 1 is 0.279 bits per heavy atom. The lowest BCUT2D eigenvalue weighted by Crippen LogP contribution is -2.30. The lowest BCUT2D eigenvalue weighted by Gasteiger charge is -2.21. The molecule has 0 bridgehead atoms. The van der Waals surface area contributed by atoms with Crippen molar-refractivity contribution in [1.29, 1.82) is 0 Å². The van der Waals surface area contributed by atoms with Gasteiger partial charge in [-0.05, 0) is 141 Å². The largest absolute Gasteiger partial charge is 0.472 e. The standard InChI is InChI=1S/C85H142O17P2/c1-5-9-13-17-21-25-29-32-35-37-39-41-44-47-51-54-58-62-66-70-83(88)96-76-81(102-85(90)72-68-64-60-56-52-48-45-42-40-38-36-33-30-26-22-18-14-10-6-2)78-100-104(93,94)98-74-79(86)73-97-103(91,92)99-77-80(101-84(89)71-67-63-59-55-49-28-24-20-16-12-8-4)75-95-82(87)69-65-61-57-53-50-46-43-34-31-27-23-19-15-11-7-3/h9-11,13-15,21-23,25-27,32-36,39-43,50,53,79-81,86H,5-8,12,16-20,24,28-31,37-38,44-49,51-52,54-78H2,1-4H3,(H,91,92)(H,93,94)/b13-9-,14-10-,15-11-,25-21-,26-22-,27-23-,35-32-,36-33-,41-39-,42-40-,43-34-,53-50-. The van der Waals surface area contributed by atoms with Gasteiger partial charge >= 0.3 is 39.5 Å². The minimum absolute atomic E-state index is 0.0705. The van der Waals surface area contributed by atoms with Gasteiger partial charge in [-0.3, -0.25) is 37.3 Å². The molecule has 0 aliphatic carbocycles. The second-order valence-corrected chi connectivity index (χ2v) is 29.1. The Kier molecular flexibility index (Phi) is 72.4. The summed E-state index contributed by atoms with van der Waals surface area (Å²) in [5.74, 6) is -2.25. The fraction of sp³-hybridized carbons (Fsp3) is 0.671. The van der Waals surface area contributed by atoms with Crippen molar-refractivity contribution < 1.29 is 80.2 Å². The molecule has 0 spiro atoms. The van der Waals surface area contributed by atoms with E-state index in [4.69, 9.17) is 37.0 Å². The Balaban J connectivity index is 5.40. The lowest BCUT2D eigenvalue weighted by atomic mass is 10.1. The highest BCUT2D eigenvalue weighted by Crippen LogP contribution is 2.45. The number of ether oxygens (including phenoxy) is 4. The van der Waals surface area contributed by atoms with Gasteiger partial charge in [-0.2, -0.15) is 0 Å². The molecule has 5 unspecified atom stereocenters. The summed E-state index contributed by atoms with van der Waals surface area (Å²) in [4.78, 5) is 73.0. The quantitative estimate of drug-likeness (QED) is 0.0169. The molecule has 19 heteroatoms. The molecule has 594 valence electrons. The van der Waals surface area contributed by atoms with Crippen molar-refractivity contribution in [2.75, 3.05) is 39.6 Å². The minimum Gasteiger partial charge on any atom is -0.462 e. The van der Waals surface area contributed by atoms with E-state index in [2.05, 4.69) is 174 Å². The molecule has 0 aromatic carbocycles. The number of rotatable bonds is 74. The number of hydrogen-bond acceptors (Lipinski definition) is 15. The first kappa shape index (κ1) is 98.9. The summed E-state index contributed by atoms with van der Waals surface area (Å²) in [6.07, 6.45) is 86.9. The molecule has 17 nitrogen and oxygen atoms in total. The van der Waals surface area contributed by atoms with Crippen LogP contribution in [0.5, 0.6) is 0 Å². The van der Waals surface area contributed by atoms with Crippen molar-refractivity contribution >= 4 is 39.5 Å². The molecule has 0 radical (unpaired) electrons.